The van der Waals surface area contributed by atoms with Gasteiger partial charge in [-0.1, -0.05) is 5.16 Å². The molecular weight excluding hydrogens is 310 g/mol. The maximum absolute atomic E-state index is 12.4. The molecule has 2 fully saturated rings. The zero-order valence-corrected chi connectivity index (χ0v) is 13.2. The molecule has 0 saturated carbocycles. The first-order valence-corrected chi connectivity index (χ1v) is 8.15. The Morgan fingerprint density at radius 2 is 2.04 bits per heavy atom. The normalized spacial score (nSPS) is 24.3. The monoisotopic (exact) mass is 329 g/mol. The van der Waals surface area contributed by atoms with E-state index in [0.29, 0.717) is 25.6 Å². The van der Waals surface area contributed by atoms with Gasteiger partial charge in [-0.25, -0.2) is 9.97 Å². The van der Waals surface area contributed by atoms with Crippen LogP contribution in [0.1, 0.15) is 17.0 Å². The fourth-order valence-electron chi connectivity index (χ4n) is 3.35. The van der Waals surface area contributed by atoms with Gasteiger partial charge < -0.3 is 19.1 Å². The standard InChI is InChI=1S/C16H19N5O3/c22-15(13-2-6-19-24-13)20-7-3-12-10-21(8-9-23-14(12)11-20)16-17-4-1-5-18-16/h1-2,4-6,12,14H,3,7-11H2/t12-,14-/m1/s1. The van der Waals surface area contributed by atoms with Crippen LogP contribution in [-0.4, -0.2) is 64.8 Å². The molecule has 0 spiro atoms. The van der Waals surface area contributed by atoms with E-state index in [4.69, 9.17) is 9.26 Å². The van der Waals surface area contributed by atoms with Gasteiger partial charge >= 0.3 is 0 Å². The molecule has 24 heavy (non-hydrogen) atoms. The second kappa shape index (κ2) is 6.56. The number of nitrogens with zero attached hydrogens (tertiary/aromatic N) is 5. The number of carbonyl (C=O) groups excluding carboxylic acids is 1. The predicted molar refractivity (Wildman–Crippen MR) is 84.5 cm³/mol. The summed E-state index contributed by atoms with van der Waals surface area (Å²) in [5.41, 5.74) is 0. The zero-order chi connectivity index (χ0) is 16.4. The van der Waals surface area contributed by atoms with Crippen LogP contribution in [0, 0.1) is 5.92 Å². The van der Waals surface area contributed by atoms with Crippen molar-refractivity contribution in [2.24, 2.45) is 5.92 Å². The fraction of sp³-hybridized carbons (Fsp3) is 0.500. The van der Waals surface area contributed by atoms with E-state index in [1.807, 2.05) is 6.07 Å². The van der Waals surface area contributed by atoms with Crippen LogP contribution in [0.15, 0.2) is 35.2 Å². The van der Waals surface area contributed by atoms with Crippen molar-refractivity contribution in [3.8, 4) is 0 Å². The first kappa shape index (κ1) is 15.1. The Morgan fingerprint density at radius 1 is 1.17 bits per heavy atom. The predicted octanol–water partition coefficient (Wildman–Crippen LogP) is 0.832. The summed E-state index contributed by atoms with van der Waals surface area (Å²) in [5.74, 6) is 1.25. The molecule has 0 aromatic carbocycles. The number of ether oxygens (including phenoxy) is 1. The molecular formula is C16H19N5O3. The Kier molecular flexibility index (Phi) is 4.12. The molecule has 2 aliphatic heterocycles. The van der Waals surface area contributed by atoms with E-state index in [9.17, 15) is 4.79 Å². The lowest BCUT2D eigenvalue weighted by atomic mass is 9.93. The van der Waals surface area contributed by atoms with Crippen LogP contribution in [0.4, 0.5) is 5.95 Å². The number of amides is 1. The second-order valence-electron chi connectivity index (χ2n) is 6.08. The summed E-state index contributed by atoms with van der Waals surface area (Å²) in [6, 6.07) is 3.41. The van der Waals surface area contributed by atoms with Crippen LogP contribution >= 0.6 is 0 Å². The molecule has 4 rings (SSSR count). The number of fused-ring (bicyclic) bond motifs is 1. The number of piperidine rings is 1. The van der Waals surface area contributed by atoms with Crippen molar-refractivity contribution < 1.29 is 14.1 Å². The highest BCUT2D eigenvalue weighted by Gasteiger charge is 2.36. The summed E-state index contributed by atoms with van der Waals surface area (Å²) < 4.78 is 11.0. The number of carbonyl (C=O) groups is 1. The molecule has 2 atom stereocenters. The van der Waals surface area contributed by atoms with Crippen molar-refractivity contribution in [1.82, 2.24) is 20.0 Å². The van der Waals surface area contributed by atoms with E-state index in [0.717, 1.165) is 25.5 Å². The summed E-state index contributed by atoms with van der Waals surface area (Å²) in [6.07, 6.45) is 5.90. The van der Waals surface area contributed by atoms with Gasteiger partial charge in [0.05, 0.1) is 18.9 Å². The van der Waals surface area contributed by atoms with Crippen molar-refractivity contribution in [3.63, 3.8) is 0 Å². The topological polar surface area (TPSA) is 84.6 Å². The molecule has 4 heterocycles. The van der Waals surface area contributed by atoms with Crippen molar-refractivity contribution >= 4 is 11.9 Å². The largest absolute Gasteiger partial charge is 0.374 e. The highest BCUT2D eigenvalue weighted by atomic mass is 16.5. The molecule has 8 heteroatoms. The second-order valence-corrected chi connectivity index (χ2v) is 6.08. The van der Waals surface area contributed by atoms with Gasteiger partial charge in [0, 0.05) is 50.6 Å². The number of aromatic nitrogens is 3. The van der Waals surface area contributed by atoms with Gasteiger partial charge in [-0.2, -0.15) is 0 Å². The van der Waals surface area contributed by atoms with Gasteiger partial charge in [-0.3, -0.25) is 4.79 Å². The van der Waals surface area contributed by atoms with E-state index >= 15 is 0 Å². The van der Waals surface area contributed by atoms with Gasteiger partial charge in [-0.15, -0.1) is 0 Å². The summed E-state index contributed by atoms with van der Waals surface area (Å²) in [7, 11) is 0. The van der Waals surface area contributed by atoms with Crippen LogP contribution in [0.5, 0.6) is 0 Å². The molecule has 0 bridgehead atoms. The molecule has 126 valence electrons. The molecule has 2 aromatic rings. The van der Waals surface area contributed by atoms with Gasteiger partial charge in [0.1, 0.15) is 0 Å². The van der Waals surface area contributed by atoms with E-state index in [-0.39, 0.29) is 17.8 Å². The average Bonchev–Trinajstić information content (AvgIpc) is 3.08. The van der Waals surface area contributed by atoms with Gasteiger partial charge in [0.25, 0.3) is 5.91 Å². The summed E-state index contributed by atoms with van der Waals surface area (Å²) in [6.45, 7) is 3.47. The summed E-state index contributed by atoms with van der Waals surface area (Å²) in [5, 5.41) is 3.60. The molecule has 8 nitrogen and oxygen atoms in total. The Labute approximate surface area is 139 Å². The third kappa shape index (κ3) is 2.96. The van der Waals surface area contributed by atoms with Crippen molar-refractivity contribution in [2.75, 3.05) is 37.7 Å². The number of hydrogen-bond donors (Lipinski definition) is 0. The van der Waals surface area contributed by atoms with Crippen LogP contribution in [0.25, 0.3) is 0 Å². The maximum atomic E-state index is 12.4. The van der Waals surface area contributed by atoms with E-state index < -0.39 is 0 Å². The van der Waals surface area contributed by atoms with Gasteiger partial charge in [0.15, 0.2) is 0 Å². The molecule has 2 aliphatic rings. The van der Waals surface area contributed by atoms with Crippen LogP contribution in [0.3, 0.4) is 0 Å². The van der Waals surface area contributed by atoms with E-state index in [1.165, 1.54) is 6.20 Å². The third-order valence-corrected chi connectivity index (χ3v) is 4.61. The molecule has 2 aromatic heterocycles. The summed E-state index contributed by atoms with van der Waals surface area (Å²) in [4.78, 5) is 25.0. The molecule has 0 radical (unpaired) electrons. The quantitative estimate of drug-likeness (QED) is 0.807. The molecule has 0 unspecified atom stereocenters. The minimum absolute atomic E-state index is 0.0272. The maximum Gasteiger partial charge on any atom is 0.292 e. The number of hydrogen-bond acceptors (Lipinski definition) is 7. The molecule has 0 N–H and O–H groups in total. The summed E-state index contributed by atoms with van der Waals surface area (Å²) >= 11 is 0. The van der Waals surface area contributed by atoms with E-state index in [2.05, 4.69) is 20.0 Å². The average molecular weight is 329 g/mol. The Morgan fingerprint density at radius 3 is 2.83 bits per heavy atom. The Bertz CT molecular complexity index is 678. The minimum atomic E-state index is -0.123. The Hall–Kier alpha value is -2.48. The fourth-order valence-corrected chi connectivity index (χ4v) is 3.35. The first-order valence-electron chi connectivity index (χ1n) is 8.15. The van der Waals surface area contributed by atoms with Crippen LogP contribution in [-0.2, 0) is 4.74 Å². The zero-order valence-electron chi connectivity index (χ0n) is 13.2. The van der Waals surface area contributed by atoms with Crippen molar-refractivity contribution in [2.45, 2.75) is 12.5 Å². The highest BCUT2D eigenvalue weighted by molar-refractivity contribution is 5.91. The smallest absolute Gasteiger partial charge is 0.292 e. The van der Waals surface area contributed by atoms with Crippen molar-refractivity contribution in [1.29, 1.82) is 0 Å². The highest BCUT2D eigenvalue weighted by Crippen LogP contribution is 2.26. The molecule has 0 aliphatic carbocycles. The molecule has 1 amide bonds. The van der Waals surface area contributed by atoms with Gasteiger partial charge in [-0.05, 0) is 12.5 Å². The SMILES string of the molecule is O=C(c1ccno1)N1CC[C@@H]2CN(c3ncccn3)CCO[C@@H]2C1. The lowest BCUT2D eigenvalue weighted by Gasteiger charge is -2.37. The first-order chi connectivity index (χ1) is 11.8. The third-order valence-electron chi connectivity index (χ3n) is 4.61. The lowest BCUT2D eigenvalue weighted by molar-refractivity contribution is -0.0178. The Balaban J connectivity index is 1.44. The van der Waals surface area contributed by atoms with Crippen molar-refractivity contribution in [3.05, 3.63) is 36.5 Å². The number of anilines is 1. The number of likely N-dealkylation sites (tertiary alicyclic amines) is 1. The number of rotatable bonds is 2. The minimum Gasteiger partial charge on any atom is -0.374 e. The lowest BCUT2D eigenvalue weighted by Crippen LogP contribution is -2.49. The molecule has 2 saturated heterocycles. The van der Waals surface area contributed by atoms with Crippen LogP contribution in [0.2, 0.25) is 0 Å². The van der Waals surface area contributed by atoms with Crippen LogP contribution < -0.4 is 4.90 Å². The van der Waals surface area contributed by atoms with Gasteiger partial charge in [0.2, 0.25) is 11.7 Å². The van der Waals surface area contributed by atoms with E-state index in [1.54, 1.807) is 23.4 Å².